The van der Waals surface area contributed by atoms with E-state index in [-0.39, 0.29) is 27.4 Å². The quantitative estimate of drug-likeness (QED) is 0.872. The fourth-order valence-electron chi connectivity index (χ4n) is 1.81. The van der Waals surface area contributed by atoms with Gasteiger partial charge in [-0.15, -0.1) is 0 Å². The van der Waals surface area contributed by atoms with Crippen molar-refractivity contribution in [3.05, 3.63) is 28.3 Å². The molecule has 0 radical (unpaired) electrons. The minimum Gasteiger partial charge on any atom is -0.349 e. The van der Waals surface area contributed by atoms with Gasteiger partial charge in [0.05, 0.1) is 4.90 Å². The monoisotopic (exact) mass is 318 g/mol. The van der Waals surface area contributed by atoms with E-state index in [9.17, 15) is 13.2 Å². The third-order valence-corrected chi connectivity index (χ3v) is 4.50. The number of sulfonamides is 1. The Morgan fingerprint density at radius 3 is 2.35 bits per heavy atom. The summed E-state index contributed by atoms with van der Waals surface area (Å²) in [5.74, 6) is -0.344. The number of carbonyl (C=O) groups excluding carboxylic acids is 1. The lowest BCUT2D eigenvalue weighted by Crippen LogP contribution is -2.34. The van der Waals surface area contributed by atoms with Gasteiger partial charge in [0.15, 0.2) is 0 Å². The van der Waals surface area contributed by atoms with Crippen molar-refractivity contribution in [3.8, 4) is 0 Å². The van der Waals surface area contributed by atoms with Crippen molar-refractivity contribution in [2.75, 3.05) is 0 Å². The van der Waals surface area contributed by atoms with E-state index in [1.165, 1.54) is 12.1 Å². The van der Waals surface area contributed by atoms with Crippen molar-refractivity contribution >= 4 is 27.5 Å². The zero-order valence-corrected chi connectivity index (χ0v) is 13.3. The van der Waals surface area contributed by atoms with Gasteiger partial charge in [-0.25, -0.2) is 13.6 Å². The minimum absolute atomic E-state index is 0.0406. The number of hydrogen-bond donors (Lipinski definition) is 2. The SMILES string of the molecule is CCC(CC)NC(=O)c1cc(S(N)(=O)=O)cc(Cl)c1C. The van der Waals surface area contributed by atoms with E-state index >= 15 is 0 Å². The van der Waals surface area contributed by atoms with Crippen LogP contribution in [0.4, 0.5) is 0 Å². The largest absolute Gasteiger partial charge is 0.349 e. The van der Waals surface area contributed by atoms with Crippen LogP contribution in [0.5, 0.6) is 0 Å². The van der Waals surface area contributed by atoms with Crippen molar-refractivity contribution in [2.24, 2.45) is 5.14 Å². The summed E-state index contributed by atoms with van der Waals surface area (Å²) >= 11 is 5.97. The molecule has 0 saturated carbocycles. The van der Waals surface area contributed by atoms with E-state index in [0.717, 1.165) is 12.8 Å². The van der Waals surface area contributed by atoms with Gasteiger partial charge in [0.25, 0.3) is 5.91 Å². The van der Waals surface area contributed by atoms with E-state index in [4.69, 9.17) is 16.7 Å². The van der Waals surface area contributed by atoms with Gasteiger partial charge in [-0.05, 0) is 37.5 Å². The summed E-state index contributed by atoms with van der Waals surface area (Å²) in [6.45, 7) is 5.60. The third-order valence-electron chi connectivity index (χ3n) is 3.21. The molecule has 0 heterocycles. The maximum atomic E-state index is 12.2. The second-order valence-electron chi connectivity index (χ2n) is 4.61. The normalized spacial score (nSPS) is 11.7. The number of carbonyl (C=O) groups is 1. The summed E-state index contributed by atoms with van der Waals surface area (Å²) in [7, 11) is -3.90. The number of hydrogen-bond acceptors (Lipinski definition) is 3. The molecule has 20 heavy (non-hydrogen) atoms. The highest BCUT2D eigenvalue weighted by Crippen LogP contribution is 2.24. The average molecular weight is 319 g/mol. The summed E-state index contributed by atoms with van der Waals surface area (Å²) in [6.07, 6.45) is 1.59. The molecule has 1 amide bonds. The molecule has 0 unspecified atom stereocenters. The molecule has 1 aromatic rings. The number of nitrogens with two attached hydrogens (primary N) is 1. The predicted molar refractivity (Wildman–Crippen MR) is 79.4 cm³/mol. The van der Waals surface area contributed by atoms with E-state index in [0.29, 0.717) is 5.56 Å². The highest BCUT2D eigenvalue weighted by Gasteiger charge is 2.19. The summed E-state index contributed by atoms with van der Waals surface area (Å²) in [6, 6.07) is 2.55. The molecule has 3 N–H and O–H groups in total. The van der Waals surface area contributed by atoms with Crippen LogP contribution in [0, 0.1) is 6.92 Å². The first-order valence-electron chi connectivity index (χ1n) is 6.34. The smallest absolute Gasteiger partial charge is 0.251 e. The Hall–Kier alpha value is -1.11. The molecule has 0 aliphatic heterocycles. The van der Waals surface area contributed by atoms with Gasteiger partial charge >= 0.3 is 0 Å². The fraction of sp³-hybridized carbons (Fsp3) is 0.462. The first-order valence-corrected chi connectivity index (χ1v) is 8.26. The topological polar surface area (TPSA) is 89.3 Å². The van der Waals surface area contributed by atoms with Crippen LogP contribution in [0.1, 0.15) is 42.6 Å². The van der Waals surface area contributed by atoms with Crippen molar-refractivity contribution in [2.45, 2.75) is 44.6 Å². The average Bonchev–Trinajstić information content (AvgIpc) is 2.37. The molecule has 0 aromatic heterocycles. The fourth-order valence-corrected chi connectivity index (χ4v) is 2.66. The molecule has 0 fully saturated rings. The lowest BCUT2D eigenvalue weighted by Gasteiger charge is -2.16. The van der Waals surface area contributed by atoms with Crippen molar-refractivity contribution in [1.29, 1.82) is 0 Å². The molecule has 0 atom stereocenters. The Labute approximate surface area is 124 Å². The van der Waals surface area contributed by atoms with Crippen LogP contribution in [0.3, 0.4) is 0 Å². The Morgan fingerprint density at radius 2 is 1.90 bits per heavy atom. The molecular weight excluding hydrogens is 300 g/mol. The van der Waals surface area contributed by atoms with Crippen molar-refractivity contribution < 1.29 is 13.2 Å². The number of nitrogens with one attached hydrogen (secondary N) is 1. The van der Waals surface area contributed by atoms with E-state index in [1.807, 2.05) is 13.8 Å². The van der Waals surface area contributed by atoms with Gasteiger partial charge in [0.2, 0.25) is 10.0 Å². The number of primary sulfonamides is 1. The molecule has 1 aromatic carbocycles. The van der Waals surface area contributed by atoms with Crippen LogP contribution in [0.15, 0.2) is 17.0 Å². The third kappa shape index (κ3) is 3.94. The van der Waals surface area contributed by atoms with Crippen molar-refractivity contribution in [1.82, 2.24) is 5.32 Å². The Balaban J connectivity index is 3.24. The Kier molecular flexibility index (Phi) is 5.56. The number of halogens is 1. The second-order valence-corrected chi connectivity index (χ2v) is 6.58. The van der Waals surface area contributed by atoms with Gasteiger partial charge < -0.3 is 5.32 Å². The van der Waals surface area contributed by atoms with Gasteiger partial charge in [-0.3, -0.25) is 4.79 Å². The lowest BCUT2D eigenvalue weighted by atomic mass is 10.1. The molecule has 0 spiro atoms. The molecule has 0 saturated heterocycles. The Morgan fingerprint density at radius 1 is 1.35 bits per heavy atom. The molecule has 0 aliphatic rings. The van der Waals surface area contributed by atoms with Gasteiger partial charge in [-0.2, -0.15) is 0 Å². The van der Waals surface area contributed by atoms with Gasteiger partial charge in [0.1, 0.15) is 0 Å². The minimum atomic E-state index is -3.90. The predicted octanol–water partition coefficient (Wildman–Crippen LogP) is 2.21. The second kappa shape index (κ2) is 6.56. The Bertz CT molecular complexity index is 610. The molecule has 7 heteroatoms. The molecular formula is C13H19ClN2O3S. The first-order chi connectivity index (χ1) is 9.20. The van der Waals surface area contributed by atoms with E-state index in [1.54, 1.807) is 6.92 Å². The maximum Gasteiger partial charge on any atom is 0.251 e. The molecule has 0 aliphatic carbocycles. The van der Waals surface area contributed by atoms with Crippen LogP contribution in [0.25, 0.3) is 0 Å². The van der Waals surface area contributed by atoms with Crippen LogP contribution in [-0.2, 0) is 10.0 Å². The zero-order valence-electron chi connectivity index (χ0n) is 11.7. The summed E-state index contributed by atoms with van der Waals surface area (Å²) in [5.41, 5.74) is 0.760. The highest BCUT2D eigenvalue weighted by atomic mass is 35.5. The van der Waals surface area contributed by atoms with E-state index < -0.39 is 10.0 Å². The van der Waals surface area contributed by atoms with Crippen LogP contribution in [-0.4, -0.2) is 20.4 Å². The highest BCUT2D eigenvalue weighted by molar-refractivity contribution is 7.89. The number of benzene rings is 1. The van der Waals surface area contributed by atoms with E-state index in [2.05, 4.69) is 5.32 Å². The van der Waals surface area contributed by atoms with Crippen LogP contribution in [0.2, 0.25) is 5.02 Å². The molecule has 1 rings (SSSR count). The summed E-state index contributed by atoms with van der Waals surface area (Å²) in [4.78, 5) is 12.1. The van der Waals surface area contributed by atoms with Gasteiger partial charge in [-0.1, -0.05) is 25.4 Å². The first kappa shape index (κ1) is 16.9. The summed E-state index contributed by atoms with van der Waals surface area (Å²) < 4.78 is 22.8. The summed E-state index contributed by atoms with van der Waals surface area (Å²) in [5, 5.41) is 8.13. The van der Waals surface area contributed by atoms with Crippen LogP contribution < -0.4 is 10.5 Å². The van der Waals surface area contributed by atoms with Crippen LogP contribution >= 0.6 is 11.6 Å². The molecule has 112 valence electrons. The lowest BCUT2D eigenvalue weighted by molar-refractivity contribution is 0.0934. The molecule has 0 bridgehead atoms. The zero-order chi connectivity index (χ0) is 15.5. The molecule has 5 nitrogen and oxygen atoms in total. The number of amides is 1. The van der Waals surface area contributed by atoms with Crippen molar-refractivity contribution in [3.63, 3.8) is 0 Å². The maximum absolute atomic E-state index is 12.2. The standard InChI is InChI=1S/C13H19ClN2O3S/c1-4-9(5-2)16-13(17)11-6-10(20(15,18)19)7-12(14)8(11)3/h6-7,9H,4-5H2,1-3H3,(H,16,17)(H2,15,18,19). The van der Waals surface area contributed by atoms with Gasteiger partial charge in [0, 0.05) is 16.6 Å². The number of rotatable bonds is 5.